The van der Waals surface area contributed by atoms with Crippen molar-refractivity contribution in [3.63, 3.8) is 0 Å². The second-order valence-corrected chi connectivity index (χ2v) is 10.5. The molecule has 0 fully saturated rings. The van der Waals surface area contributed by atoms with E-state index >= 15 is 0 Å². The van der Waals surface area contributed by atoms with E-state index in [0.29, 0.717) is 0 Å². The minimum absolute atomic E-state index is 0.881. The maximum Gasteiger partial charge on any atom is 0.137 e. The molecule has 0 aliphatic heterocycles. The molecule has 0 bridgehead atoms. The molecule has 0 N–H and O–H groups in total. The summed E-state index contributed by atoms with van der Waals surface area (Å²) in [5.74, 6) is 1.07. The molecule has 0 saturated heterocycles. The Kier molecular flexibility index (Phi) is 7.43. The average molecular weight is 433 g/mol. The van der Waals surface area contributed by atoms with E-state index in [1.165, 1.54) is 33.4 Å². The van der Waals surface area contributed by atoms with E-state index in [1.54, 1.807) is 0 Å². The summed E-state index contributed by atoms with van der Waals surface area (Å²) >= 11 is 0. The van der Waals surface area contributed by atoms with Crippen molar-refractivity contribution < 1.29 is 13.7 Å². The van der Waals surface area contributed by atoms with Gasteiger partial charge < -0.3 is 13.7 Å². The highest BCUT2D eigenvalue weighted by Gasteiger charge is 2.27. The van der Waals surface area contributed by atoms with Crippen molar-refractivity contribution in [2.75, 3.05) is 35.3 Å². The Hall–Kier alpha value is -2.62. The molecule has 3 heteroatoms. The zero-order chi connectivity index (χ0) is 23.4. The molecule has 0 heterocycles. The Labute approximate surface area is 195 Å². The van der Waals surface area contributed by atoms with Crippen molar-refractivity contribution in [2.24, 2.45) is 0 Å². The van der Waals surface area contributed by atoms with E-state index in [0.717, 1.165) is 40.9 Å². The monoisotopic (exact) mass is 432 g/mol. The Morgan fingerprint density at radius 3 is 1.31 bits per heavy atom. The molecule has 170 valence electrons. The molecule has 3 rings (SSSR count). The van der Waals surface area contributed by atoms with Crippen molar-refractivity contribution in [3.05, 3.63) is 100 Å². The summed E-state index contributed by atoms with van der Waals surface area (Å²) in [7, 11) is 11.1. The smallest absolute Gasteiger partial charge is 0.137 e. The molecule has 3 aromatic rings. The van der Waals surface area contributed by atoms with Crippen LogP contribution in [0.2, 0.25) is 0 Å². The quantitative estimate of drug-likeness (QED) is 0.385. The van der Waals surface area contributed by atoms with Crippen LogP contribution in [0.4, 0.5) is 0 Å². The number of hydrogen-bond acceptors (Lipinski definition) is 1. The van der Waals surface area contributed by atoms with Crippen LogP contribution in [-0.4, -0.2) is 44.3 Å². The van der Waals surface area contributed by atoms with Gasteiger partial charge in [-0.05, 0) is 25.0 Å². The van der Waals surface area contributed by atoms with Gasteiger partial charge in [-0.25, -0.2) is 0 Å². The third-order valence-corrected chi connectivity index (χ3v) is 6.22. The van der Waals surface area contributed by atoms with Crippen molar-refractivity contribution in [1.29, 1.82) is 0 Å². The highest BCUT2D eigenvalue weighted by molar-refractivity contribution is 5.50. The van der Waals surface area contributed by atoms with Gasteiger partial charge in [0.2, 0.25) is 0 Å². The number of ether oxygens (including phenoxy) is 1. The third kappa shape index (κ3) is 6.21. The van der Waals surface area contributed by atoms with Crippen LogP contribution < -0.4 is 4.74 Å². The third-order valence-electron chi connectivity index (χ3n) is 6.22. The van der Waals surface area contributed by atoms with Crippen molar-refractivity contribution in [1.82, 2.24) is 0 Å². The lowest BCUT2D eigenvalue weighted by molar-refractivity contribution is -0.917. The van der Waals surface area contributed by atoms with Gasteiger partial charge >= 0.3 is 0 Å². The first-order valence-corrected chi connectivity index (χ1v) is 11.5. The molecule has 0 saturated carbocycles. The fourth-order valence-corrected chi connectivity index (χ4v) is 4.80. The summed E-state index contributed by atoms with van der Waals surface area (Å²) in [6.45, 7) is 8.29. The second-order valence-electron chi connectivity index (χ2n) is 10.5. The molecule has 0 amide bonds. The van der Waals surface area contributed by atoms with Gasteiger partial charge in [-0.3, -0.25) is 0 Å². The van der Waals surface area contributed by atoms with Crippen LogP contribution in [0.5, 0.6) is 5.75 Å². The Morgan fingerprint density at radius 2 is 0.969 bits per heavy atom. The highest BCUT2D eigenvalue weighted by atomic mass is 16.5. The lowest BCUT2D eigenvalue weighted by Crippen LogP contribution is -2.39. The zero-order valence-corrected chi connectivity index (χ0v) is 21.0. The standard InChI is InChI=1S/C29H40N2O/c1-23-18-24(2)28(22-31(5,6)20-26-16-12-9-13-17-26)29(32-7)27(23)21-30(3,4)19-25-14-10-8-11-15-25/h8-18H,19-22H2,1-7H3/q+2. The van der Waals surface area contributed by atoms with Crippen LogP contribution >= 0.6 is 0 Å². The molecule has 0 radical (unpaired) electrons. The summed E-state index contributed by atoms with van der Waals surface area (Å²) < 4.78 is 7.87. The highest BCUT2D eigenvalue weighted by Crippen LogP contribution is 2.34. The van der Waals surface area contributed by atoms with E-state index in [-0.39, 0.29) is 0 Å². The van der Waals surface area contributed by atoms with Gasteiger partial charge in [-0.15, -0.1) is 0 Å². The molecule has 0 aromatic heterocycles. The van der Waals surface area contributed by atoms with Crippen molar-refractivity contribution >= 4 is 0 Å². The first kappa shape index (κ1) is 24.0. The van der Waals surface area contributed by atoms with Gasteiger partial charge in [0.15, 0.2) is 0 Å². The van der Waals surface area contributed by atoms with E-state index < -0.39 is 0 Å². The van der Waals surface area contributed by atoms with Crippen LogP contribution in [0.15, 0.2) is 66.7 Å². The Bertz CT molecular complexity index is 944. The van der Waals surface area contributed by atoms with Crippen LogP contribution in [-0.2, 0) is 26.2 Å². The molecule has 0 unspecified atom stereocenters. The lowest BCUT2D eigenvalue weighted by atomic mass is 9.96. The minimum Gasteiger partial charge on any atom is -0.496 e. The normalized spacial score (nSPS) is 12.1. The maximum atomic E-state index is 6.11. The molecular formula is C29H40N2O+2. The summed E-state index contributed by atoms with van der Waals surface area (Å²) in [5.41, 5.74) is 8.01. The molecule has 0 aliphatic carbocycles. The van der Waals surface area contributed by atoms with Crippen LogP contribution in [0.3, 0.4) is 0 Å². The fourth-order valence-electron chi connectivity index (χ4n) is 4.80. The number of benzene rings is 3. The minimum atomic E-state index is 0.881. The van der Waals surface area contributed by atoms with Gasteiger partial charge in [0.1, 0.15) is 31.9 Å². The molecule has 3 aromatic carbocycles. The van der Waals surface area contributed by atoms with Crippen molar-refractivity contribution in [3.8, 4) is 5.75 Å². The maximum absolute atomic E-state index is 6.11. The summed E-state index contributed by atoms with van der Waals surface area (Å²) in [6, 6.07) is 23.9. The van der Waals surface area contributed by atoms with Crippen LogP contribution in [0.1, 0.15) is 33.4 Å². The molecule has 3 nitrogen and oxygen atoms in total. The van der Waals surface area contributed by atoms with E-state index in [9.17, 15) is 0 Å². The number of nitrogens with zero attached hydrogens (tertiary/aromatic N) is 2. The summed E-state index contributed by atoms with van der Waals surface area (Å²) in [5, 5.41) is 0. The predicted octanol–water partition coefficient (Wildman–Crippen LogP) is 5.87. The second kappa shape index (κ2) is 9.89. The van der Waals surface area contributed by atoms with Gasteiger partial charge in [-0.2, -0.15) is 0 Å². The van der Waals surface area contributed by atoms with Gasteiger partial charge in [-0.1, -0.05) is 66.7 Å². The first-order valence-electron chi connectivity index (χ1n) is 11.5. The van der Waals surface area contributed by atoms with Crippen LogP contribution in [0.25, 0.3) is 0 Å². The first-order chi connectivity index (χ1) is 15.1. The zero-order valence-electron chi connectivity index (χ0n) is 21.0. The molecule has 0 aliphatic rings. The lowest BCUT2D eigenvalue weighted by Gasteiger charge is -2.34. The molecule has 32 heavy (non-hydrogen) atoms. The van der Waals surface area contributed by atoms with Gasteiger partial charge in [0.25, 0.3) is 0 Å². The number of rotatable bonds is 9. The van der Waals surface area contributed by atoms with Crippen molar-refractivity contribution in [2.45, 2.75) is 40.0 Å². The molecular weight excluding hydrogens is 392 g/mol. The predicted molar refractivity (Wildman–Crippen MR) is 134 cm³/mol. The number of methoxy groups -OCH3 is 1. The topological polar surface area (TPSA) is 9.23 Å². The van der Waals surface area contributed by atoms with Gasteiger partial charge in [0.05, 0.1) is 46.4 Å². The fraction of sp³-hybridized carbons (Fsp3) is 0.379. The number of aryl methyl sites for hydroxylation is 2. The Balaban J connectivity index is 1.90. The van der Waals surface area contributed by atoms with Gasteiger partial charge in [0, 0.05) is 11.1 Å². The number of hydrogen-bond donors (Lipinski definition) is 0. The van der Waals surface area contributed by atoms with E-state index in [2.05, 4.69) is 109 Å². The van der Waals surface area contributed by atoms with E-state index in [4.69, 9.17) is 4.74 Å². The largest absolute Gasteiger partial charge is 0.496 e. The van der Waals surface area contributed by atoms with E-state index in [1.807, 2.05) is 7.11 Å². The average Bonchev–Trinajstić information content (AvgIpc) is 2.72. The summed E-state index contributed by atoms with van der Waals surface area (Å²) in [6.07, 6.45) is 0. The van der Waals surface area contributed by atoms with Crippen LogP contribution in [0, 0.1) is 13.8 Å². The molecule has 0 atom stereocenters. The summed E-state index contributed by atoms with van der Waals surface area (Å²) in [4.78, 5) is 0. The number of quaternary nitrogens is 2. The molecule has 0 spiro atoms. The SMILES string of the molecule is COc1c(C[N+](C)(C)Cc2ccccc2)c(C)cc(C)c1C[N+](C)(C)Cc1ccccc1. The Morgan fingerprint density at radius 1 is 0.594 bits per heavy atom.